The minimum Gasteiger partial charge on any atom is -0.380 e. The molecule has 1 aliphatic rings. The first-order valence-corrected chi connectivity index (χ1v) is 5.69. The number of amides is 1. The quantitative estimate of drug-likeness (QED) is 0.608. The molecule has 1 rings (SSSR count). The highest BCUT2D eigenvalue weighted by atomic mass is 16.5. The Morgan fingerprint density at radius 2 is 2.07 bits per heavy atom. The molecule has 0 aromatic heterocycles. The van der Waals surface area contributed by atoms with E-state index in [1.165, 1.54) is 0 Å². The molecule has 0 aromatic rings. The highest BCUT2D eigenvalue weighted by molar-refractivity contribution is 5.80. The highest BCUT2D eigenvalue weighted by Gasteiger charge is 2.28. The van der Waals surface area contributed by atoms with Gasteiger partial charge in [0.25, 0.3) is 0 Å². The van der Waals surface area contributed by atoms with Gasteiger partial charge in [0.05, 0.1) is 6.10 Å². The lowest BCUT2D eigenvalue weighted by Crippen LogP contribution is -2.41. The summed E-state index contributed by atoms with van der Waals surface area (Å²) in [7, 11) is 1.71. The van der Waals surface area contributed by atoms with E-state index in [9.17, 15) is 4.79 Å². The van der Waals surface area contributed by atoms with Gasteiger partial charge in [0, 0.05) is 32.2 Å². The Morgan fingerprint density at radius 3 is 2.60 bits per heavy atom. The summed E-state index contributed by atoms with van der Waals surface area (Å²) < 4.78 is 5.19. The molecule has 0 radical (unpaired) electrons. The van der Waals surface area contributed by atoms with Gasteiger partial charge in [-0.15, -0.1) is 0 Å². The molecule has 4 heteroatoms. The normalized spacial score (nSPS) is 19.7. The Kier molecular flexibility index (Phi) is 5.05. The van der Waals surface area contributed by atoms with Crippen LogP contribution in [0.5, 0.6) is 0 Å². The second kappa shape index (κ2) is 6.08. The summed E-state index contributed by atoms with van der Waals surface area (Å²) in [5.74, 6) is 0.518. The van der Waals surface area contributed by atoms with Gasteiger partial charge in [-0.05, 0) is 26.7 Å². The minimum absolute atomic E-state index is 0.198. The molecule has 2 unspecified atom stereocenters. The van der Waals surface area contributed by atoms with Gasteiger partial charge in [-0.1, -0.05) is 0 Å². The standard InChI is InChI=1S/C11H22N2O2/c1-8(9(2)15-3)12-6-7-13-11(14)10-4-5-10/h8-10,12H,4-7H2,1-3H3,(H,13,14). The zero-order valence-corrected chi connectivity index (χ0v) is 9.88. The highest BCUT2D eigenvalue weighted by Crippen LogP contribution is 2.28. The molecule has 0 saturated heterocycles. The van der Waals surface area contributed by atoms with E-state index in [1.54, 1.807) is 7.11 Å². The van der Waals surface area contributed by atoms with Gasteiger partial charge in [0.15, 0.2) is 0 Å². The summed E-state index contributed by atoms with van der Waals surface area (Å²) in [6.45, 7) is 5.61. The molecule has 1 aliphatic carbocycles. The monoisotopic (exact) mass is 214 g/mol. The second-order valence-corrected chi connectivity index (χ2v) is 4.25. The van der Waals surface area contributed by atoms with Crippen molar-refractivity contribution in [3.63, 3.8) is 0 Å². The minimum atomic E-state index is 0.198. The van der Waals surface area contributed by atoms with E-state index in [0.717, 1.165) is 19.4 Å². The van der Waals surface area contributed by atoms with Crippen LogP contribution in [-0.4, -0.2) is 38.3 Å². The van der Waals surface area contributed by atoms with E-state index in [-0.39, 0.29) is 12.0 Å². The van der Waals surface area contributed by atoms with Crippen LogP contribution in [0.2, 0.25) is 0 Å². The lowest BCUT2D eigenvalue weighted by atomic mass is 10.2. The molecule has 15 heavy (non-hydrogen) atoms. The number of methoxy groups -OCH3 is 1. The topological polar surface area (TPSA) is 50.4 Å². The van der Waals surface area contributed by atoms with Crippen LogP contribution in [0, 0.1) is 5.92 Å². The van der Waals surface area contributed by atoms with Crippen molar-refractivity contribution in [3.8, 4) is 0 Å². The lowest BCUT2D eigenvalue weighted by Gasteiger charge is -2.19. The number of ether oxygens (including phenoxy) is 1. The number of carbonyl (C=O) groups excluding carboxylic acids is 1. The van der Waals surface area contributed by atoms with E-state index in [0.29, 0.717) is 18.5 Å². The van der Waals surface area contributed by atoms with Gasteiger partial charge in [-0.2, -0.15) is 0 Å². The summed E-state index contributed by atoms with van der Waals surface area (Å²) in [5.41, 5.74) is 0. The Labute approximate surface area is 91.8 Å². The summed E-state index contributed by atoms with van der Waals surface area (Å²) in [5, 5.41) is 6.22. The third-order valence-corrected chi connectivity index (χ3v) is 2.91. The largest absolute Gasteiger partial charge is 0.380 e. The predicted molar refractivity (Wildman–Crippen MR) is 59.7 cm³/mol. The summed E-state index contributed by atoms with van der Waals surface area (Å²) in [6, 6.07) is 0.313. The Hall–Kier alpha value is -0.610. The average Bonchev–Trinajstić information content (AvgIpc) is 3.06. The summed E-state index contributed by atoms with van der Waals surface area (Å²) in [6.07, 6.45) is 2.33. The molecule has 2 atom stereocenters. The number of nitrogens with one attached hydrogen (secondary N) is 2. The van der Waals surface area contributed by atoms with Crippen molar-refractivity contribution in [2.75, 3.05) is 20.2 Å². The van der Waals surface area contributed by atoms with Crippen LogP contribution in [-0.2, 0) is 9.53 Å². The van der Waals surface area contributed by atoms with E-state index < -0.39 is 0 Å². The zero-order valence-electron chi connectivity index (χ0n) is 9.88. The van der Waals surface area contributed by atoms with E-state index in [2.05, 4.69) is 17.6 Å². The van der Waals surface area contributed by atoms with Crippen molar-refractivity contribution in [3.05, 3.63) is 0 Å². The summed E-state index contributed by atoms with van der Waals surface area (Å²) >= 11 is 0. The first kappa shape index (κ1) is 12.5. The fourth-order valence-electron chi connectivity index (χ4n) is 1.35. The van der Waals surface area contributed by atoms with Gasteiger partial charge >= 0.3 is 0 Å². The maximum absolute atomic E-state index is 11.3. The fraction of sp³-hybridized carbons (Fsp3) is 0.909. The Bertz CT molecular complexity index is 205. The zero-order chi connectivity index (χ0) is 11.3. The Morgan fingerprint density at radius 1 is 1.40 bits per heavy atom. The van der Waals surface area contributed by atoms with Crippen LogP contribution < -0.4 is 10.6 Å². The number of hydrogen-bond acceptors (Lipinski definition) is 3. The molecule has 0 bridgehead atoms. The van der Waals surface area contributed by atoms with Gasteiger partial charge in [0.1, 0.15) is 0 Å². The molecule has 0 aromatic carbocycles. The molecular weight excluding hydrogens is 192 g/mol. The number of carbonyl (C=O) groups is 1. The van der Waals surface area contributed by atoms with Crippen molar-refractivity contribution >= 4 is 5.91 Å². The molecule has 1 saturated carbocycles. The molecule has 1 fully saturated rings. The van der Waals surface area contributed by atoms with Crippen molar-refractivity contribution in [1.82, 2.24) is 10.6 Å². The van der Waals surface area contributed by atoms with E-state index in [1.807, 2.05) is 6.92 Å². The van der Waals surface area contributed by atoms with Crippen molar-refractivity contribution < 1.29 is 9.53 Å². The molecule has 88 valence electrons. The SMILES string of the molecule is COC(C)C(C)NCCNC(=O)C1CC1. The predicted octanol–water partition coefficient (Wildman–Crippen LogP) is 0.526. The van der Waals surface area contributed by atoms with Crippen LogP contribution in [0.15, 0.2) is 0 Å². The molecule has 0 heterocycles. The average molecular weight is 214 g/mol. The fourth-order valence-corrected chi connectivity index (χ4v) is 1.35. The van der Waals surface area contributed by atoms with Crippen molar-refractivity contribution in [2.45, 2.75) is 38.8 Å². The molecule has 2 N–H and O–H groups in total. The van der Waals surface area contributed by atoms with Crippen LogP contribution in [0.3, 0.4) is 0 Å². The molecular formula is C11H22N2O2. The smallest absolute Gasteiger partial charge is 0.223 e. The molecule has 0 spiro atoms. The molecule has 1 amide bonds. The Balaban J connectivity index is 1.98. The maximum atomic E-state index is 11.3. The third-order valence-electron chi connectivity index (χ3n) is 2.91. The van der Waals surface area contributed by atoms with Gasteiger partial charge in [-0.3, -0.25) is 4.79 Å². The van der Waals surface area contributed by atoms with Crippen LogP contribution in [0.25, 0.3) is 0 Å². The van der Waals surface area contributed by atoms with Crippen LogP contribution in [0.4, 0.5) is 0 Å². The number of hydrogen-bond donors (Lipinski definition) is 2. The van der Waals surface area contributed by atoms with Gasteiger partial charge in [-0.25, -0.2) is 0 Å². The number of rotatable bonds is 7. The first-order valence-electron chi connectivity index (χ1n) is 5.69. The first-order chi connectivity index (χ1) is 7.15. The van der Waals surface area contributed by atoms with Gasteiger partial charge in [0.2, 0.25) is 5.91 Å². The van der Waals surface area contributed by atoms with Crippen LogP contribution >= 0.6 is 0 Å². The van der Waals surface area contributed by atoms with Gasteiger partial charge < -0.3 is 15.4 Å². The van der Waals surface area contributed by atoms with Crippen molar-refractivity contribution in [1.29, 1.82) is 0 Å². The summed E-state index contributed by atoms with van der Waals surface area (Å²) in [4.78, 5) is 11.3. The molecule has 0 aliphatic heterocycles. The van der Waals surface area contributed by atoms with Crippen molar-refractivity contribution in [2.24, 2.45) is 5.92 Å². The van der Waals surface area contributed by atoms with E-state index in [4.69, 9.17) is 4.74 Å². The molecule has 4 nitrogen and oxygen atoms in total. The third kappa shape index (κ3) is 4.62. The maximum Gasteiger partial charge on any atom is 0.223 e. The second-order valence-electron chi connectivity index (χ2n) is 4.25. The van der Waals surface area contributed by atoms with Crippen LogP contribution in [0.1, 0.15) is 26.7 Å². The lowest BCUT2D eigenvalue weighted by molar-refractivity contribution is -0.122. The van der Waals surface area contributed by atoms with E-state index >= 15 is 0 Å².